The summed E-state index contributed by atoms with van der Waals surface area (Å²) in [6.45, 7) is 3.03. The number of halogens is 1. The maximum absolute atomic E-state index is 5.88. The lowest BCUT2D eigenvalue weighted by Gasteiger charge is -2.12. The molecule has 0 spiro atoms. The Kier molecular flexibility index (Phi) is 5.00. The number of nitrogens with zero attached hydrogens (tertiary/aromatic N) is 1. The minimum atomic E-state index is 0.692. The van der Waals surface area contributed by atoms with Crippen LogP contribution in [-0.2, 0) is 0 Å². The molecule has 0 N–H and O–H groups in total. The molecular formula is C15H18BrNO. The second-order valence-electron chi connectivity index (χ2n) is 4.55. The van der Waals surface area contributed by atoms with Crippen molar-refractivity contribution < 1.29 is 4.74 Å². The van der Waals surface area contributed by atoms with E-state index in [0.717, 1.165) is 35.0 Å². The lowest BCUT2D eigenvalue weighted by Crippen LogP contribution is -2.05. The Morgan fingerprint density at radius 2 is 2.11 bits per heavy atom. The van der Waals surface area contributed by atoms with Crippen molar-refractivity contribution in [3.8, 4) is 5.75 Å². The van der Waals surface area contributed by atoms with Gasteiger partial charge in [0.15, 0.2) is 0 Å². The van der Waals surface area contributed by atoms with Crippen LogP contribution < -0.4 is 4.74 Å². The van der Waals surface area contributed by atoms with Crippen molar-refractivity contribution in [3.05, 3.63) is 36.5 Å². The zero-order valence-corrected chi connectivity index (χ0v) is 12.2. The number of rotatable bonds is 6. The zero-order valence-electron chi connectivity index (χ0n) is 10.6. The van der Waals surface area contributed by atoms with Crippen LogP contribution >= 0.6 is 15.9 Å². The molecule has 1 unspecified atom stereocenters. The lowest BCUT2D eigenvalue weighted by molar-refractivity contribution is 0.285. The zero-order chi connectivity index (χ0) is 12.8. The minimum Gasteiger partial charge on any atom is -0.493 e. The summed E-state index contributed by atoms with van der Waals surface area (Å²) < 4.78 is 5.88. The average molecular weight is 308 g/mol. The molecule has 3 heteroatoms. The quantitative estimate of drug-likeness (QED) is 0.737. The topological polar surface area (TPSA) is 22.1 Å². The molecule has 0 aliphatic heterocycles. The highest BCUT2D eigenvalue weighted by Crippen LogP contribution is 2.24. The predicted molar refractivity (Wildman–Crippen MR) is 79.4 cm³/mol. The molecule has 0 saturated carbocycles. The van der Waals surface area contributed by atoms with Crippen molar-refractivity contribution in [1.82, 2.24) is 4.98 Å². The summed E-state index contributed by atoms with van der Waals surface area (Å²) in [5.41, 5.74) is 0.989. The van der Waals surface area contributed by atoms with E-state index in [9.17, 15) is 0 Å². The fourth-order valence-corrected chi connectivity index (χ4v) is 2.68. The van der Waals surface area contributed by atoms with Gasteiger partial charge in [0.1, 0.15) is 5.75 Å². The van der Waals surface area contributed by atoms with E-state index in [1.54, 1.807) is 0 Å². The molecule has 1 heterocycles. The van der Waals surface area contributed by atoms with E-state index < -0.39 is 0 Å². The van der Waals surface area contributed by atoms with Crippen molar-refractivity contribution in [2.24, 2.45) is 5.92 Å². The Balaban J connectivity index is 1.99. The van der Waals surface area contributed by atoms with Crippen LogP contribution in [0.25, 0.3) is 10.9 Å². The van der Waals surface area contributed by atoms with Gasteiger partial charge in [0, 0.05) is 16.9 Å². The van der Waals surface area contributed by atoms with Crippen LogP contribution in [0, 0.1) is 5.92 Å². The Morgan fingerprint density at radius 1 is 1.22 bits per heavy atom. The van der Waals surface area contributed by atoms with Gasteiger partial charge in [0.05, 0.1) is 12.1 Å². The van der Waals surface area contributed by atoms with Crippen LogP contribution in [0.4, 0.5) is 0 Å². The Hall–Kier alpha value is -1.09. The summed E-state index contributed by atoms with van der Waals surface area (Å²) in [5, 5.41) is 2.15. The summed E-state index contributed by atoms with van der Waals surface area (Å²) in [6.07, 6.45) is 4.09. The Bertz CT molecular complexity index is 495. The monoisotopic (exact) mass is 307 g/mol. The third-order valence-corrected chi connectivity index (χ3v) is 3.53. The van der Waals surface area contributed by atoms with Crippen LogP contribution in [0.2, 0.25) is 0 Å². The molecule has 0 radical (unpaired) electrons. The van der Waals surface area contributed by atoms with Gasteiger partial charge in [0.2, 0.25) is 0 Å². The molecule has 0 fully saturated rings. The molecule has 2 aromatic rings. The molecule has 0 saturated heterocycles. The molecule has 0 aliphatic rings. The van der Waals surface area contributed by atoms with Crippen molar-refractivity contribution in [1.29, 1.82) is 0 Å². The molecule has 2 nitrogen and oxygen atoms in total. The molecule has 0 aliphatic carbocycles. The fraction of sp³-hybridized carbons (Fsp3) is 0.400. The molecular weight excluding hydrogens is 290 g/mol. The molecule has 18 heavy (non-hydrogen) atoms. The SMILES string of the molecule is CC(CCBr)CCOc1cccc2ncccc12. The highest BCUT2D eigenvalue weighted by Gasteiger charge is 2.04. The van der Waals surface area contributed by atoms with Crippen LogP contribution in [0.3, 0.4) is 0 Å². The number of ether oxygens (including phenoxy) is 1. The summed E-state index contributed by atoms with van der Waals surface area (Å²) in [5.74, 6) is 1.63. The van der Waals surface area contributed by atoms with Crippen LogP contribution in [-0.4, -0.2) is 16.9 Å². The van der Waals surface area contributed by atoms with E-state index in [-0.39, 0.29) is 0 Å². The number of alkyl halides is 1. The van der Waals surface area contributed by atoms with E-state index in [4.69, 9.17) is 4.74 Å². The van der Waals surface area contributed by atoms with Gasteiger partial charge in [-0.3, -0.25) is 4.98 Å². The smallest absolute Gasteiger partial charge is 0.128 e. The second-order valence-corrected chi connectivity index (χ2v) is 5.34. The van der Waals surface area contributed by atoms with Gasteiger partial charge in [-0.1, -0.05) is 28.9 Å². The van der Waals surface area contributed by atoms with Crippen molar-refractivity contribution in [2.75, 3.05) is 11.9 Å². The van der Waals surface area contributed by atoms with Crippen molar-refractivity contribution >= 4 is 26.8 Å². The highest BCUT2D eigenvalue weighted by molar-refractivity contribution is 9.09. The van der Waals surface area contributed by atoms with Gasteiger partial charge < -0.3 is 4.74 Å². The summed E-state index contributed by atoms with van der Waals surface area (Å²) >= 11 is 3.47. The van der Waals surface area contributed by atoms with E-state index in [0.29, 0.717) is 5.92 Å². The fourth-order valence-electron chi connectivity index (χ4n) is 1.90. The number of aromatic nitrogens is 1. The van der Waals surface area contributed by atoms with E-state index in [1.165, 1.54) is 6.42 Å². The molecule has 0 bridgehead atoms. The third kappa shape index (κ3) is 3.45. The average Bonchev–Trinajstić information content (AvgIpc) is 2.39. The van der Waals surface area contributed by atoms with Crippen molar-refractivity contribution in [2.45, 2.75) is 19.8 Å². The maximum atomic E-state index is 5.88. The normalized spacial score (nSPS) is 12.6. The van der Waals surface area contributed by atoms with Gasteiger partial charge in [-0.25, -0.2) is 0 Å². The standard InChI is InChI=1S/C15H18BrNO/c1-12(7-9-16)8-11-18-15-6-2-5-14-13(15)4-3-10-17-14/h2-6,10,12H,7-9,11H2,1H3. The first-order valence-corrected chi connectivity index (χ1v) is 7.46. The largest absolute Gasteiger partial charge is 0.493 e. The number of hydrogen-bond acceptors (Lipinski definition) is 2. The van der Waals surface area contributed by atoms with Gasteiger partial charge >= 0.3 is 0 Å². The molecule has 1 atom stereocenters. The van der Waals surface area contributed by atoms with Crippen LogP contribution in [0.15, 0.2) is 36.5 Å². The number of benzene rings is 1. The third-order valence-electron chi connectivity index (χ3n) is 3.08. The summed E-state index contributed by atoms with van der Waals surface area (Å²) in [4.78, 5) is 4.33. The summed E-state index contributed by atoms with van der Waals surface area (Å²) in [7, 11) is 0. The van der Waals surface area contributed by atoms with Gasteiger partial charge in [0.25, 0.3) is 0 Å². The number of fused-ring (bicyclic) bond motifs is 1. The van der Waals surface area contributed by atoms with E-state index >= 15 is 0 Å². The first kappa shape index (κ1) is 13.3. The Labute approximate surface area is 117 Å². The van der Waals surface area contributed by atoms with Crippen LogP contribution in [0.1, 0.15) is 19.8 Å². The van der Waals surface area contributed by atoms with Crippen LogP contribution in [0.5, 0.6) is 5.75 Å². The van der Waals surface area contributed by atoms with Gasteiger partial charge in [-0.05, 0) is 43.0 Å². The molecule has 1 aromatic heterocycles. The number of hydrogen-bond donors (Lipinski definition) is 0. The second kappa shape index (κ2) is 6.74. The molecule has 0 amide bonds. The molecule has 96 valence electrons. The highest BCUT2D eigenvalue weighted by atomic mass is 79.9. The predicted octanol–water partition coefficient (Wildman–Crippen LogP) is 4.42. The first-order valence-electron chi connectivity index (χ1n) is 6.34. The van der Waals surface area contributed by atoms with Gasteiger partial charge in [-0.2, -0.15) is 0 Å². The Morgan fingerprint density at radius 3 is 2.94 bits per heavy atom. The van der Waals surface area contributed by atoms with Crippen molar-refractivity contribution in [3.63, 3.8) is 0 Å². The maximum Gasteiger partial charge on any atom is 0.128 e. The van der Waals surface area contributed by atoms with Gasteiger partial charge in [-0.15, -0.1) is 0 Å². The number of pyridine rings is 1. The molecule has 1 aromatic carbocycles. The van der Waals surface area contributed by atoms with E-state index in [2.05, 4.69) is 33.9 Å². The van der Waals surface area contributed by atoms with E-state index in [1.807, 2.05) is 30.5 Å². The summed E-state index contributed by atoms with van der Waals surface area (Å²) in [6, 6.07) is 10.0. The minimum absolute atomic E-state index is 0.692. The lowest BCUT2D eigenvalue weighted by atomic mass is 10.1. The molecule has 2 rings (SSSR count). The first-order chi connectivity index (χ1) is 8.81.